The number of ether oxygens (including phenoxy) is 1. The lowest BCUT2D eigenvalue weighted by Crippen LogP contribution is -2.24. The molecule has 0 radical (unpaired) electrons. The van der Waals surface area contributed by atoms with Crippen molar-refractivity contribution in [2.75, 3.05) is 6.61 Å². The largest absolute Gasteiger partial charge is 0.493 e. The normalized spacial score (nSPS) is 28.9. The van der Waals surface area contributed by atoms with Gasteiger partial charge in [0.1, 0.15) is 5.75 Å². The average molecular weight is 246 g/mol. The molecular formula is C15H18O3. The molecule has 0 amide bonds. The molecule has 3 nitrogen and oxygen atoms in total. The summed E-state index contributed by atoms with van der Waals surface area (Å²) in [6.45, 7) is 4.94. The fourth-order valence-electron chi connectivity index (χ4n) is 3.10. The molecule has 1 aliphatic heterocycles. The van der Waals surface area contributed by atoms with Crippen LogP contribution in [0.1, 0.15) is 43.7 Å². The number of fused-ring (bicyclic) bond motifs is 2. The minimum Gasteiger partial charge on any atom is -0.493 e. The van der Waals surface area contributed by atoms with Crippen molar-refractivity contribution in [3.05, 3.63) is 29.3 Å². The van der Waals surface area contributed by atoms with Crippen molar-refractivity contribution in [2.24, 2.45) is 5.92 Å². The van der Waals surface area contributed by atoms with E-state index in [0.717, 1.165) is 24.2 Å². The van der Waals surface area contributed by atoms with Crippen LogP contribution in [-0.2, 0) is 10.2 Å². The topological polar surface area (TPSA) is 46.5 Å². The van der Waals surface area contributed by atoms with Crippen LogP contribution in [0, 0.1) is 5.92 Å². The summed E-state index contributed by atoms with van der Waals surface area (Å²) in [6.07, 6.45) is 1.60. The van der Waals surface area contributed by atoms with Crippen LogP contribution < -0.4 is 4.74 Å². The molecule has 1 heterocycles. The van der Waals surface area contributed by atoms with Crippen molar-refractivity contribution >= 4 is 5.97 Å². The summed E-state index contributed by atoms with van der Waals surface area (Å²) in [5, 5.41) is 9.23. The van der Waals surface area contributed by atoms with Crippen LogP contribution >= 0.6 is 0 Å². The van der Waals surface area contributed by atoms with Crippen LogP contribution in [-0.4, -0.2) is 17.7 Å². The summed E-state index contributed by atoms with van der Waals surface area (Å²) in [5.41, 5.74) is 2.23. The predicted octanol–water partition coefficient (Wildman–Crippen LogP) is 2.93. The zero-order valence-corrected chi connectivity index (χ0v) is 10.8. The lowest BCUT2D eigenvalue weighted by atomic mass is 9.85. The highest BCUT2D eigenvalue weighted by atomic mass is 16.5. The number of carbonyl (C=O) groups is 1. The molecule has 0 bridgehead atoms. The van der Waals surface area contributed by atoms with Gasteiger partial charge in [-0.3, -0.25) is 4.79 Å². The Bertz CT molecular complexity index is 506. The molecule has 2 atom stereocenters. The second kappa shape index (κ2) is 3.74. The third-order valence-electron chi connectivity index (χ3n) is 4.39. The van der Waals surface area contributed by atoms with Gasteiger partial charge in [0.15, 0.2) is 0 Å². The van der Waals surface area contributed by atoms with Gasteiger partial charge in [0, 0.05) is 11.0 Å². The van der Waals surface area contributed by atoms with Gasteiger partial charge in [-0.05, 0) is 30.4 Å². The monoisotopic (exact) mass is 246 g/mol. The zero-order valence-electron chi connectivity index (χ0n) is 10.8. The number of aliphatic carboxylic acids is 1. The summed E-state index contributed by atoms with van der Waals surface area (Å²) >= 11 is 0. The second-order valence-corrected chi connectivity index (χ2v) is 5.76. The van der Waals surface area contributed by atoms with Crippen LogP contribution in [0.3, 0.4) is 0 Å². The van der Waals surface area contributed by atoms with Gasteiger partial charge in [0.2, 0.25) is 0 Å². The van der Waals surface area contributed by atoms with Gasteiger partial charge < -0.3 is 9.84 Å². The highest BCUT2D eigenvalue weighted by Gasteiger charge is 2.61. The van der Waals surface area contributed by atoms with E-state index >= 15 is 0 Å². The van der Waals surface area contributed by atoms with Crippen molar-refractivity contribution in [2.45, 2.75) is 38.0 Å². The predicted molar refractivity (Wildman–Crippen MR) is 68.1 cm³/mol. The minimum absolute atomic E-state index is 0.148. The SMILES string of the molecule is CC(C)c1ccc2c(c1)[C@]1(CCO2)C[C@H]1C(=O)O. The molecular weight excluding hydrogens is 228 g/mol. The Labute approximate surface area is 107 Å². The third kappa shape index (κ3) is 1.53. The van der Waals surface area contributed by atoms with Gasteiger partial charge in [-0.25, -0.2) is 0 Å². The average Bonchev–Trinajstić information content (AvgIpc) is 3.05. The Kier molecular flexibility index (Phi) is 2.40. The Morgan fingerprint density at radius 3 is 2.89 bits per heavy atom. The first-order valence-corrected chi connectivity index (χ1v) is 6.54. The molecule has 96 valence electrons. The molecule has 1 spiro atoms. The quantitative estimate of drug-likeness (QED) is 0.872. The summed E-state index contributed by atoms with van der Waals surface area (Å²) in [7, 11) is 0. The minimum atomic E-state index is -0.669. The first-order chi connectivity index (χ1) is 8.54. The van der Waals surface area contributed by atoms with Gasteiger partial charge in [-0.2, -0.15) is 0 Å². The lowest BCUT2D eigenvalue weighted by molar-refractivity contribution is -0.139. The van der Waals surface area contributed by atoms with E-state index in [0.29, 0.717) is 12.5 Å². The Morgan fingerprint density at radius 1 is 1.50 bits per heavy atom. The Balaban J connectivity index is 2.05. The standard InChI is InChI=1S/C15H18O3/c1-9(2)10-3-4-13-11(7-10)15(5-6-18-13)8-12(15)14(16)17/h3-4,7,9,12H,5-6,8H2,1-2H3,(H,16,17)/t12-,15-/m0/s1. The van der Waals surface area contributed by atoms with Gasteiger partial charge in [0.25, 0.3) is 0 Å². The lowest BCUT2D eigenvalue weighted by Gasteiger charge is -2.27. The molecule has 1 aromatic rings. The molecule has 18 heavy (non-hydrogen) atoms. The molecule has 3 heteroatoms. The molecule has 0 unspecified atom stereocenters. The summed E-state index contributed by atoms with van der Waals surface area (Å²) in [6, 6.07) is 6.24. The summed E-state index contributed by atoms with van der Waals surface area (Å²) < 4.78 is 5.67. The number of carboxylic acid groups (broad SMARTS) is 1. The van der Waals surface area contributed by atoms with Crippen molar-refractivity contribution in [3.8, 4) is 5.75 Å². The number of carboxylic acids is 1. The molecule has 1 saturated carbocycles. The summed E-state index contributed by atoms with van der Waals surface area (Å²) in [4.78, 5) is 11.2. The van der Waals surface area contributed by atoms with Crippen LogP contribution in [0.25, 0.3) is 0 Å². The van der Waals surface area contributed by atoms with Crippen molar-refractivity contribution in [1.29, 1.82) is 0 Å². The number of hydrogen-bond acceptors (Lipinski definition) is 2. The maximum Gasteiger partial charge on any atom is 0.307 e. The second-order valence-electron chi connectivity index (χ2n) is 5.76. The van der Waals surface area contributed by atoms with E-state index in [1.807, 2.05) is 6.07 Å². The van der Waals surface area contributed by atoms with E-state index in [-0.39, 0.29) is 11.3 Å². The molecule has 1 fully saturated rings. The molecule has 1 aromatic carbocycles. The molecule has 1 N–H and O–H groups in total. The van der Waals surface area contributed by atoms with E-state index < -0.39 is 5.97 Å². The maximum atomic E-state index is 11.2. The van der Waals surface area contributed by atoms with Gasteiger partial charge in [0.05, 0.1) is 12.5 Å². The Morgan fingerprint density at radius 2 is 2.28 bits per heavy atom. The van der Waals surface area contributed by atoms with Gasteiger partial charge in [-0.1, -0.05) is 26.0 Å². The molecule has 0 saturated heterocycles. The number of benzene rings is 1. The first-order valence-electron chi connectivity index (χ1n) is 6.54. The van der Waals surface area contributed by atoms with Crippen molar-refractivity contribution in [1.82, 2.24) is 0 Å². The third-order valence-corrected chi connectivity index (χ3v) is 4.39. The van der Waals surface area contributed by atoms with Crippen molar-refractivity contribution < 1.29 is 14.6 Å². The van der Waals surface area contributed by atoms with Crippen LogP contribution in [0.5, 0.6) is 5.75 Å². The number of rotatable bonds is 2. The smallest absolute Gasteiger partial charge is 0.307 e. The van der Waals surface area contributed by atoms with Crippen LogP contribution in [0.15, 0.2) is 18.2 Å². The van der Waals surface area contributed by atoms with Gasteiger partial charge >= 0.3 is 5.97 Å². The van der Waals surface area contributed by atoms with E-state index in [1.54, 1.807) is 0 Å². The number of hydrogen-bond donors (Lipinski definition) is 1. The molecule has 3 rings (SSSR count). The van der Waals surface area contributed by atoms with Crippen molar-refractivity contribution in [3.63, 3.8) is 0 Å². The van der Waals surface area contributed by atoms with Crippen LogP contribution in [0.2, 0.25) is 0 Å². The fourth-order valence-corrected chi connectivity index (χ4v) is 3.10. The van der Waals surface area contributed by atoms with E-state index in [1.165, 1.54) is 5.56 Å². The summed E-state index contributed by atoms with van der Waals surface area (Å²) in [5.74, 6) is 0.450. The van der Waals surface area contributed by atoms with E-state index in [9.17, 15) is 9.90 Å². The van der Waals surface area contributed by atoms with E-state index in [4.69, 9.17) is 4.74 Å². The Hall–Kier alpha value is -1.51. The molecule has 1 aliphatic carbocycles. The maximum absolute atomic E-state index is 11.2. The fraction of sp³-hybridized carbons (Fsp3) is 0.533. The van der Waals surface area contributed by atoms with Gasteiger partial charge in [-0.15, -0.1) is 0 Å². The highest BCUT2D eigenvalue weighted by molar-refractivity contribution is 5.78. The highest BCUT2D eigenvalue weighted by Crippen LogP contribution is 2.60. The van der Waals surface area contributed by atoms with E-state index in [2.05, 4.69) is 26.0 Å². The molecule has 0 aromatic heterocycles. The molecule has 2 aliphatic rings. The zero-order chi connectivity index (χ0) is 12.9. The van der Waals surface area contributed by atoms with Crippen LogP contribution in [0.4, 0.5) is 0 Å². The first kappa shape index (κ1) is 11.6.